The van der Waals surface area contributed by atoms with Crippen LogP contribution in [0.25, 0.3) is 6.08 Å². The van der Waals surface area contributed by atoms with E-state index in [9.17, 15) is 4.79 Å². The van der Waals surface area contributed by atoms with Crippen LogP contribution in [0.5, 0.6) is 11.5 Å². The average molecular weight is 348 g/mol. The Morgan fingerprint density at radius 2 is 1.96 bits per heavy atom. The third-order valence-electron chi connectivity index (χ3n) is 4.01. The first kappa shape index (κ1) is 15.7. The van der Waals surface area contributed by atoms with Gasteiger partial charge in [-0.1, -0.05) is 36.4 Å². The van der Waals surface area contributed by atoms with Crippen molar-refractivity contribution >= 4 is 23.2 Å². The van der Waals surface area contributed by atoms with Crippen molar-refractivity contribution in [2.75, 3.05) is 0 Å². The van der Waals surface area contributed by atoms with E-state index in [1.807, 2.05) is 60.8 Å². The van der Waals surface area contributed by atoms with Crippen molar-refractivity contribution in [3.8, 4) is 11.5 Å². The maximum absolute atomic E-state index is 12.6. The summed E-state index contributed by atoms with van der Waals surface area (Å²) in [7, 11) is 0. The third kappa shape index (κ3) is 3.21. The molecule has 0 atom stereocenters. The number of Topliss-reactive ketones (excluding diaryl/α,β-unsaturated/α-hetero) is 1. The molecule has 4 heteroatoms. The number of benzene rings is 2. The van der Waals surface area contributed by atoms with E-state index in [0.717, 1.165) is 16.0 Å². The lowest BCUT2D eigenvalue weighted by Crippen LogP contribution is -1.99. The van der Waals surface area contributed by atoms with Crippen LogP contribution in [0.2, 0.25) is 0 Å². The molecule has 2 heterocycles. The van der Waals surface area contributed by atoms with Gasteiger partial charge in [-0.2, -0.15) is 0 Å². The van der Waals surface area contributed by atoms with Gasteiger partial charge >= 0.3 is 0 Å². The summed E-state index contributed by atoms with van der Waals surface area (Å²) < 4.78 is 11.7. The highest BCUT2D eigenvalue weighted by Gasteiger charge is 2.30. The first-order valence-corrected chi connectivity index (χ1v) is 8.88. The van der Waals surface area contributed by atoms with E-state index in [1.165, 1.54) is 0 Å². The Hall–Kier alpha value is -2.85. The van der Waals surface area contributed by atoms with Gasteiger partial charge in [0.2, 0.25) is 5.78 Å². The van der Waals surface area contributed by atoms with Crippen molar-refractivity contribution < 1.29 is 14.3 Å². The van der Waals surface area contributed by atoms with E-state index >= 15 is 0 Å². The smallest absolute Gasteiger partial charge is 0.232 e. The zero-order chi connectivity index (χ0) is 17.2. The largest absolute Gasteiger partial charge is 0.489 e. The molecule has 0 bridgehead atoms. The molecule has 124 valence electrons. The van der Waals surface area contributed by atoms with Crippen LogP contribution in [0.15, 0.2) is 65.7 Å². The van der Waals surface area contributed by atoms with E-state index in [4.69, 9.17) is 9.47 Å². The van der Waals surface area contributed by atoms with Crippen molar-refractivity contribution in [3.05, 3.63) is 87.3 Å². The van der Waals surface area contributed by atoms with Crippen LogP contribution in [-0.4, -0.2) is 5.78 Å². The fourth-order valence-corrected chi connectivity index (χ4v) is 3.45. The average Bonchev–Trinajstić information content (AvgIpc) is 3.23. The summed E-state index contributed by atoms with van der Waals surface area (Å²) in [5.74, 6) is 1.55. The SMILES string of the molecule is Cc1cc(OCc2ccccc2)cc2c1C(=O)/C(=C/c1cccs1)O2. The van der Waals surface area contributed by atoms with Crippen LogP contribution in [0.3, 0.4) is 0 Å². The summed E-state index contributed by atoms with van der Waals surface area (Å²) in [4.78, 5) is 13.6. The number of allylic oxidation sites excluding steroid dienone is 1. The second-order valence-electron chi connectivity index (χ2n) is 5.84. The van der Waals surface area contributed by atoms with Crippen molar-refractivity contribution in [1.82, 2.24) is 0 Å². The van der Waals surface area contributed by atoms with Crippen LogP contribution in [-0.2, 0) is 6.61 Å². The normalized spacial score (nSPS) is 14.4. The van der Waals surface area contributed by atoms with Crippen LogP contribution >= 0.6 is 11.3 Å². The molecule has 3 aromatic rings. The Kier molecular flexibility index (Phi) is 4.12. The molecule has 4 rings (SSSR count). The lowest BCUT2D eigenvalue weighted by atomic mass is 10.0. The molecule has 0 fully saturated rings. The van der Waals surface area contributed by atoms with E-state index in [-0.39, 0.29) is 5.78 Å². The second kappa shape index (κ2) is 6.57. The highest BCUT2D eigenvalue weighted by molar-refractivity contribution is 7.10. The van der Waals surface area contributed by atoms with Gasteiger partial charge < -0.3 is 9.47 Å². The Labute approximate surface area is 150 Å². The van der Waals surface area contributed by atoms with Gasteiger partial charge in [0.25, 0.3) is 0 Å². The minimum Gasteiger partial charge on any atom is -0.489 e. The summed E-state index contributed by atoms with van der Waals surface area (Å²) in [5.41, 5.74) is 2.57. The quantitative estimate of drug-likeness (QED) is 0.604. The predicted octanol–water partition coefficient (Wildman–Crippen LogP) is 5.25. The van der Waals surface area contributed by atoms with Crippen LogP contribution < -0.4 is 9.47 Å². The predicted molar refractivity (Wildman–Crippen MR) is 99.2 cm³/mol. The fourth-order valence-electron chi connectivity index (χ4n) is 2.80. The van der Waals surface area contributed by atoms with Crippen LogP contribution in [0.1, 0.15) is 26.4 Å². The molecule has 3 nitrogen and oxygen atoms in total. The molecular weight excluding hydrogens is 332 g/mol. The number of fused-ring (bicyclic) bond motifs is 1. The highest BCUT2D eigenvalue weighted by Crippen LogP contribution is 2.38. The lowest BCUT2D eigenvalue weighted by Gasteiger charge is -2.09. The third-order valence-corrected chi connectivity index (χ3v) is 4.83. The lowest BCUT2D eigenvalue weighted by molar-refractivity contribution is 0.101. The molecule has 1 aromatic heterocycles. The highest BCUT2D eigenvalue weighted by atomic mass is 32.1. The first-order valence-electron chi connectivity index (χ1n) is 8.00. The minimum absolute atomic E-state index is 0.0736. The first-order chi connectivity index (χ1) is 12.2. The number of hydrogen-bond donors (Lipinski definition) is 0. The van der Waals surface area contributed by atoms with E-state index in [0.29, 0.717) is 29.4 Å². The summed E-state index contributed by atoms with van der Waals surface area (Å²) in [6, 6.07) is 17.6. The number of carbonyl (C=O) groups excluding carboxylic acids is 1. The summed E-state index contributed by atoms with van der Waals surface area (Å²) >= 11 is 1.57. The molecule has 0 amide bonds. The number of rotatable bonds is 4. The molecule has 2 aromatic carbocycles. The molecule has 25 heavy (non-hydrogen) atoms. The number of ether oxygens (including phenoxy) is 2. The van der Waals surface area contributed by atoms with Crippen molar-refractivity contribution in [1.29, 1.82) is 0 Å². The number of carbonyl (C=O) groups is 1. The standard InChI is InChI=1S/C21H16O3S/c1-14-10-16(23-13-15-6-3-2-4-7-15)11-18-20(14)21(22)19(24-18)12-17-8-5-9-25-17/h2-12H,13H2,1H3/b19-12-. The molecular formula is C21H16O3S. The molecule has 0 saturated carbocycles. The monoisotopic (exact) mass is 348 g/mol. The Morgan fingerprint density at radius 1 is 1.12 bits per heavy atom. The maximum Gasteiger partial charge on any atom is 0.232 e. The molecule has 0 N–H and O–H groups in total. The summed E-state index contributed by atoms with van der Waals surface area (Å²) in [5, 5.41) is 1.97. The number of hydrogen-bond acceptors (Lipinski definition) is 4. The molecule has 0 unspecified atom stereocenters. The summed E-state index contributed by atoms with van der Waals surface area (Å²) in [6.45, 7) is 2.38. The van der Waals surface area contributed by atoms with Gasteiger partial charge in [-0.25, -0.2) is 0 Å². The molecule has 0 radical (unpaired) electrons. The Morgan fingerprint density at radius 3 is 2.72 bits per heavy atom. The molecule has 0 saturated heterocycles. The van der Waals surface area contributed by atoms with Crippen LogP contribution in [0.4, 0.5) is 0 Å². The Balaban J connectivity index is 1.58. The summed E-state index contributed by atoms with van der Waals surface area (Å²) in [6.07, 6.45) is 1.79. The topological polar surface area (TPSA) is 35.5 Å². The molecule has 1 aliphatic heterocycles. The molecule has 1 aliphatic rings. The van der Waals surface area contributed by atoms with E-state index in [1.54, 1.807) is 23.5 Å². The van der Waals surface area contributed by atoms with Crippen molar-refractivity contribution in [2.45, 2.75) is 13.5 Å². The van der Waals surface area contributed by atoms with Gasteiger partial charge in [0.05, 0.1) is 5.56 Å². The second-order valence-corrected chi connectivity index (χ2v) is 6.82. The van der Waals surface area contributed by atoms with E-state index < -0.39 is 0 Å². The van der Waals surface area contributed by atoms with Gasteiger partial charge in [-0.15, -0.1) is 11.3 Å². The fraction of sp³-hybridized carbons (Fsp3) is 0.0952. The zero-order valence-corrected chi connectivity index (χ0v) is 14.5. The number of aryl methyl sites for hydroxylation is 1. The van der Waals surface area contributed by atoms with Gasteiger partial charge in [0, 0.05) is 17.0 Å². The number of thiophene rings is 1. The van der Waals surface area contributed by atoms with Gasteiger partial charge in [0.1, 0.15) is 18.1 Å². The Bertz CT molecular complexity index is 941. The number of ketones is 1. The van der Waals surface area contributed by atoms with Gasteiger partial charge in [0.15, 0.2) is 5.76 Å². The van der Waals surface area contributed by atoms with Gasteiger partial charge in [-0.3, -0.25) is 4.79 Å². The maximum atomic E-state index is 12.6. The van der Waals surface area contributed by atoms with Crippen molar-refractivity contribution in [3.63, 3.8) is 0 Å². The zero-order valence-electron chi connectivity index (χ0n) is 13.7. The van der Waals surface area contributed by atoms with Crippen molar-refractivity contribution in [2.24, 2.45) is 0 Å². The van der Waals surface area contributed by atoms with Crippen LogP contribution in [0, 0.1) is 6.92 Å². The minimum atomic E-state index is -0.0736. The molecule has 0 aliphatic carbocycles. The molecule has 0 spiro atoms. The van der Waals surface area contributed by atoms with E-state index in [2.05, 4.69) is 0 Å². The van der Waals surface area contributed by atoms with Gasteiger partial charge in [-0.05, 0) is 35.6 Å².